The number of nitrogens with one attached hydrogen (secondary N) is 1. The van der Waals surface area contributed by atoms with Crippen molar-refractivity contribution in [2.45, 2.75) is 6.92 Å². The topological polar surface area (TPSA) is 58.2 Å². The molecule has 0 aromatic carbocycles. The molecule has 2 rings (SSSR count). The van der Waals surface area contributed by atoms with E-state index < -0.39 is 0 Å². The molecule has 0 unspecified atom stereocenters. The molecular formula is C8H9N3O2. The molecular weight excluding hydrogens is 170 g/mol. The highest BCUT2D eigenvalue weighted by molar-refractivity contribution is 5.48. The molecule has 1 aliphatic heterocycles. The maximum absolute atomic E-state index is 10.8. The van der Waals surface area contributed by atoms with Crippen LogP contribution < -0.4 is 10.8 Å². The molecule has 1 aliphatic rings. The second-order valence-electron chi connectivity index (χ2n) is 2.70. The number of hydrogen-bond acceptors (Lipinski definition) is 4. The fourth-order valence-electron chi connectivity index (χ4n) is 1.15. The summed E-state index contributed by atoms with van der Waals surface area (Å²) in [6, 6.07) is 0. The minimum atomic E-state index is -0.343. The van der Waals surface area contributed by atoms with E-state index in [0.717, 1.165) is 11.4 Å². The Morgan fingerprint density at radius 2 is 2.54 bits per heavy atom. The van der Waals surface area contributed by atoms with Gasteiger partial charge in [0.1, 0.15) is 5.69 Å². The summed E-state index contributed by atoms with van der Waals surface area (Å²) in [6.07, 6.45) is 5.16. The van der Waals surface area contributed by atoms with E-state index in [1.807, 2.05) is 6.08 Å². The Bertz CT molecular complexity index is 397. The predicted molar refractivity (Wildman–Crippen MR) is 47.2 cm³/mol. The highest BCUT2D eigenvalue weighted by Gasteiger charge is 2.11. The van der Waals surface area contributed by atoms with Crippen LogP contribution in [0.2, 0.25) is 0 Å². The molecule has 5 heteroatoms. The van der Waals surface area contributed by atoms with E-state index in [9.17, 15) is 4.79 Å². The molecule has 1 aromatic rings. The molecule has 68 valence electrons. The SMILES string of the molecule is Cc1[nH]c(=O)ncc1N1C=CCO1. The first kappa shape index (κ1) is 8.00. The van der Waals surface area contributed by atoms with Gasteiger partial charge in [0, 0.05) is 11.9 Å². The smallest absolute Gasteiger partial charge is 0.308 e. The van der Waals surface area contributed by atoms with E-state index in [1.165, 1.54) is 6.20 Å². The van der Waals surface area contributed by atoms with Crippen LogP contribution in [0, 0.1) is 6.92 Å². The molecule has 0 saturated carbocycles. The summed E-state index contributed by atoms with van der Waals surface area (Å²) in [4.78, 5) is 22.2. The number of hydrogen-bond donors (Lipinski definition) is 1. The lowest BCUT2D eigenvalue weighted by atomic mass is 10.4. The number of nitrogens with zero attached hydrogens (tertiary/aromatic N) is 2. The average molecular weight is 179 g/mol. The maximum Gasteiger partial charge on any atom is 0.345 e. The molecule has 0 spiro atoms. The lowest BCUT2D eigenvalue weighted by Gasteiger charge is -2.15. The summed E-state index contributed by atoms with van der Waals surface area (Å²) in [6.45, 7) is 2.35. The molecule has 1 N–H and O–H groups in total. The van der Waals surface area contributed by atoms with Gasteiger partial charge in [-0.3, -0.25) is 4.84 Å². The van der Waals surface area contributed by atoms with Gasteiger partial charge in [0.15, 0.2) is 0 Å². The van der Waals surface area contributed by atoms with Crippen molar-refractivity contribution in [3.63, 3.8) is 0 Å². The molecule has 0 fully saturated rings. The summed E-state index contributed by atoms with van der Waals surface area (Å²) in [5, 5.41) is 1.58. The first-order valence-electron chi connectivity index (χ1n) is 3.92. The lowest BCUT2D eigenvalue weighted by molar-refractivity contribution is 0.179. The van der Waals surface area contributed by atoms with Crippen molar-refractivity contribution in [1.29, 1.82) is 0 Å². The van der Waals surface area contributed by atoms with Gasteiger partial charge in [-0.15, -0.1) is 0 Å². The first-order chi connectivity index (χ1) is 6.27. The summed E-state index contributed by atoms with van der Waals surface area (Å²) in [5.74, 6) is 0. The number of aromatic amines is 1. The van der Waals surface area contributed by atoms with Crippen LogP contribution >= 0.6 is 0 Å². The van der Waals surface area contributed by atoms with E-state index in [1.54, 1.807) is 18.2 Å². The minimum absolute atomic E-state index is 0.343. The van der Waals surface area contributed by atoms with Gasteiger partial charge in [0.05, 0.1) is 12.8 Å². The van der Waals surface area contributed by atoms with Crippen LogP contribution in [-0.4, -0.2) is 16.6 Å². The van der Waals surface area contributed by atoms with Crippen LogP contribution in [-0.2, 0) is 4.84 Å². The van der Waals surface area contributed by atoms with Crippen LogP contribution in [0.5, 0.6) is 0 Å². The second kappa shape index (κ2) is 3.02. The van der Waals surface area contributed by atoms with Gasteiger partial charge in [-0.25, -0.2) is 9.86 Å². The predicted octanol–water partition coefficient (Wildman–Crippen LogP) is 0.344. The number of H-pyrrole nitrogens is 1. The molecule has 0 saturated heterocycles. The monoisotopic (exact) mass is 179 g/mol. The van der Waals surface area contributed by atoms with Crippen LogP contribution in [0.1, 0.15) is 5.69 Å². The Labute approximate surface area is 74.6 Å². The molecule has 13 heavy (non-hydrogen) atoms. The van der Waals surface area contributed by atoms with Crippen LogP contribution in [0.15, 0.2) is 23.3 Å². The van der Waals surface area contributed by atoms with Gasteiger partial charge in [-0.2, -0.15) is 4.98 Å². The maximum atomic E-state index is 10.8. The van der Waals surface area contributed by atoms with Gasteiger partial charge in [0.25, 0.3) is 0 Å². The van der Waals surface area contributed by atoms with E-state index in [0.29, 0.717) is 6.61 Å². The van der Waals surface area contributed by atoms with Crippen LogP contribution in [0.3, 0.4) is 0 Å². The molecule has 2 heterocycles. The molecule has 5 nitrogen and oxygen atoms in total. The summed E-state index contributed by atoms with van der Waals surface area (Å²) in [5.41, 5.74) is 1.16. The third-order valence-electron chi connectivity index (χ3n) is 1.77. The normalized spacial score (nSPS) is 15.3. The molecule has 0 amide bonds. The zero-order valence-electron chi connectivity index (χ0n) is 7.15. The van der Waals surface area contributed by atoms with Crippen molar-refractivity contribution >= 4 is 5.69 Å². The lowest BCUT2D eigenvalue weighted by Crippen LogP contribution is -2.18. The van der Waals surface area contributed by atoms with E-state index in [-0.39, 0.29) is 5.69 Å². The molecule has 0 aliphatic carbocycles. The quantitative estimate of drug-likeness (QED) is 0.675. The fraction of sp³-hybridized carbons (Fsp3) is 0.250. The first-order valence-corrected chi connectivity index (χ1v) is 3.92. The summed E-state index contributed by atoms with van der Waals surface area (Å²) < 4.78 is 0. The van der Waals surface area contributed by atoms with Crippen molar-refractivity contribution in [2.24, 2.45) is 0 Å². The molecule has 1 aromatic heterocycles. The molecule has 0 radical (unpaired) electrons. The van der Waals surface area contributed by atoms with Crippen molar-refractivity contribution in [2.75, 3.05) is 11.7 Å². The molecule has 0 bridgehead atoms. The van der Waals surface area contributed by atoms with E-state index in [4.69, 9.17) is 4.84 Å². The third-order valence-corrected chi connectivity index (χ3v) is 1.77. The van der Waals surface area contributed by atoms with Gasteiger partial charge in [-0.1, -0.05) is 0 Å². The number of hydroxylamine groups is 1. The van der Waals surface area contributed by atoms with Crippen LogP contribution in [0.25, 0.3) is 0 Å². The zero-order chi connectivity index (χ0) is 9.26. The Morgan fingerprint density at radius 3 is 3.15 bits per heavy atom. The number of anilines is 1. The minimum Gasteiger partial charge on any atom is -0.308 e. The van der Waals surface area contributed by atoms with Crippen molar-refractivity contribution in [3.05, 3.63) is 34.7 Å². The van der Waals surface area contributed by atoms with Gasteiger partial charge >= 0.3 is 5.69 Å². The highest BCUT2D eigenvalue weighted by atomic mass is 16.7. The third kappa shape index (κ3) is 1.46. The van der Waals surface area contributed by atoms with Crippen molar-refractivity contribution in [1.82, 2.24) is 9.97 Å². The Kier molecular flexibility index (Phi) is 1.86. The second-order valence-corrected chi connectivity index (χ2v) is 2.70. The van der Waals surface area contributed by atoms with E-state index >= 15 is 0 Å². The number of aromatic nitrogens is 2. The average Bonchev–Trinajstić information content (AvgIpc) is 2.56. The van der Waals surface area contributed by atoms with Crippen LogP contribution in [0.4, 0.5) is 5.69 Å². The Hall–Kier alpha value is -1.62. The standard InChI is InChI=1S/C8H9N3O2/c1-6-7(5-9-8(12)10-6)11-3-2-4-13-11/h2-3,5H,4H2,1H3,(H,9,10,12). The van der Waals surface area contributed by atoms with Gasteiger partial charge < -0.3 is 4.98 Å². The number of rotatable bonds is 1. The number of aryl methyl sites for hydroxylation is 1. The summed E-state index contributed by atoms with van der Waals surface area (Å²) in [7, 11) is 0. The Morgan fingerprint density at radius 1 is 1.69 bits per heavy atom. The molecule has 0 atom stereocenters. The zero-order valence-corrected chi connectivity index (χ0v) is 7.15. The van der Waals surface area contributed by atoms with Gasteiger partial charge in [0.2, 0.25) is 0 Å². The van der Waals surface area contributed by atoms with E-state index in [2.05, 4.69) is 9.97 Å². The fourth-order valence-corrected chi connectivity index (χ4v) is 1.15. The van der Waals surface area contributed by atoms with Crippen molar-refractivity contribution < 1.29 is 4.84 Å². The highest BCUT2D eigenvalue weighted by Crippen LogP contribution is 2.18. The largest absolute Gasteiger partial charge is 0.345 e. The van der Waals surface area contributed by atoms with Crippen molar-refractivity contribution in [3.8, 4) is 0 Å². The van der Waals surface area contributed by atoms with Gasteiger partial charge in [-0.05, 0) is 13.0 Å². The Balaban J connectivity index is 2.40. The summed E-state index contributed by atoms with van der Waals surface area (Å²) >= 11 is 0.